The summed E-state index contributed by atoms with van der Waals surface area (Å²) in [6.07, 6.45) is 3.10. The highest BCUT2D eigenvalue weighted by Crippen LogP contribution is 2.35. The van der Waals surface area contributed by atoms with Crippen molar-refractivity contribution in [3.05, 3.63) is 51.7 Å². The van der Waals surface area contributed by atoms with Gasteiger partial charge in [0.1, 0.15) is 18.9 Å². The van der Waals surface area contributed by atoms with Crippen LogP contribution in [0.15, 0.2) is 35.7 Å². The molecule has 2 aromatic rings. The summed E-state index contributed by atoms with van der Waals surface area (Å²) in [7, 11) is 0. The summed E-state index contributed by atoms with van der Waals surface area (Å²) in [6, 6.07) is 9.74. The van der Waals surface area contributed by atoms with Crippen LogP contribution in [0.2, 0.25) is 0 Å². The van der Waals surface area contributed by atoms with E-state index < -0.39 is 0 Å². The molecule has 0 bridgehead atoms. The van der Waals surface area contributed by atoms with Crippen molar-refractivity contribution in [3.8, 4) is 5.75 Å². The fraction of sp³-hybridized carbons (Fsp3) is 0.538. The van der Waals surface area contributed by atoms with Crippen LogP contribution < -0.4 is 10.1 Å². The number of hydrogen-bond donors (Lipinski definition) is 1. The zero-order valence-corrected chi connectivity index (χ0v) is 20.9. The van der Waals surface area contributed by atoms with Crippen molar-refractivity contribution < 1.29 is 14.3 Å². The molecule has 2 aliphatic rings. The van der Waals surface area contributed by atoms with Gasteiger partial charge in [-0.2, -0.15) is 0 Å². The van der Waals surface area contributed by atoms with Gasteiger partial charge in [-0.3, -0.25) is 4.79 Å². The van der Waals surface area contributed by atoms with Crippen molar-refractivity contribution in [1.29, 1.82) is 0 Å². The minimum atomic E-state index is -0.345. The van der Waals surface area contributed by atoms with Crippen LogP contribution in [-0.2, 0) is 11.2 Å². The molecule has 1 aromatic heterocycles. The molecular weight excluding hydrogens is 434 g/mol. The molecule has 1 fully saturated rings. The van der Waals surface area contributed by atoms with Crippen molar-refractivity contribution in [2.75, 3.05) is 26.2 Å². The number of nitrogens with zero attached hydrogens (tertiary/aromatic N) is 2. The molecule has 0 saturated heterocycles. The third-order valence-corrected chi connectivity index (χ3v) is 7.17. The van der Waals surface area contributed by atoms with Gasteiger partial charge in [0, 0.05) is 23.5 Å². The lowest BCUT2D eigenvalue weighted by Gasteiger charge is -2.37. The lowest BCUT2D eigenvalue weighted by molar-refractivity contribution is -0.135. The van der Waals surface area contributed by atoms with Crippen molar-refractivity contribution in [2.24, 2.45) is 5.92 Å². The van der Waals surface area contributed by atoms with E-state index in [0.717, 1.165) is 30.6 Å². The van der Waals surface area contributed by atoms with E-state index in [1.165, 1.54) is 10.4 Å². The number of urea groups is 1. The van der Waals surface area contributed by atoms with Crippen molar-refractivity contribution in [1.82, 2.24) is 15.1 Å². The molecular formula is C26H35N3O3S. The number of aryl methyl sites for hydroxylation is 1. The van der Waals surface area contributed by atoms with Crippen LogP contribution in [0.4, 0.5) is 4.79 Å². The normalized spacial score (nSPS) is 17.9. The lowest BCUT2D eigenvalue weighted by atomic mass is 10.0. The number of fused-ring (bicyclic) bond motifs is 1. The summed E-state index contributed by atoms with van der Waals surface area (Å²) in [5.74, 6) is 1.33. The number of nitrogens with one attached hydrogen (secondary N) is 1. The van der Waals surface area contributed by atoms with Gasteiger partial charge in [0.15, 0.2) is 0 Å². The molecule has 0 unspecified atom stereocenters. The van der Waals surface area contributed by atoms with E-state index >= 15 is 0 Å². The summed E-state index contributed by atoms with van der Waals surface area (Å²) in [5, 5.41) is 5.12. The minimum Gasteiger partial charge on any atom is -0.491 e. The molecule has 6 nitrogen and oxygen atoms in total. The summed E-state index contributed by atoms with van der Waals surface area (Å²) in [6.45, 7) is 9.69. The van der Waals surface area contributed by atoms with Gasteiger partial charge in [-0.1, -0.05) is 18.2 Å². The molecule has 1 aliphatic heterocycles. The number of rotatable bonds is 7. The van der Waals surface area contributed by atoms with Gasteiger partial charge >= 0.3 is 6.03 Å². The second-order valence-electron chi connectivity index (χ2n) is 10.2. The molecule has 0 radical (unpaired) electrons. The van der Waals surface area contributed by atoms with Crippen LogP contribution in [0.1, 0.15) is 55.7 Å². The van der Waals surface area contributed by atoms with Crippen LogP contribution in [0.5, 0.6) is 5.75 Å². The largest absolute Gasteiger partial charge is 0.491 e. The first-order valence-corrected chi connectivity index (χ1v) is 12.7. The number of ether oxygens (including phenoxy) is 1. The lowest BCUT2D eigenvalue weighted by Crippen LogP contribution is -2.53. The number of hydrogen-bond acceptors (Lipinski definition) is 4. The Bertz CT molecular complexity index is 993. The van der Waals surface area contributed by atoms with Crippen LogP contribution in [-0.4, -0.2) is 53.5 Å². The van der Waals surface area contributed by atoms with E-state index in [9.17, 15) is 9.59 Å². The highest BCUT2D eigenvalue weighted by atomic mass is 32.1. The van der Waals surface area contributed by atoms with E-state index in [2.05, 4.69) is 16.8 Å². The van der Waals surface area contributed by atoms with Crippen LogP contribution >= 0.6 is 11.3 Å². The standard InChI is InChI=1S/C26H35N3O3S/c1-18-7-5-6-8-22(18)32-17-21-20-12-14-33-23(20)11-13-29(21)24(30)16-28(15-19-9-10-19)25(31)27-26(2,3)4/h5-8,12,14,19,21H,9-11,13,15-17H2,1-4H3,(H,27,31)/t21-/m1/s1. The summed E-state index contributed by atoms with van der Waals surface area (Å²) >= 11 is 1.74. The molecule has 3 amide bonds. The SMILES string of the molecule is Cc1ccccc1OC[C@@H]1c2ccsc2CCN1C(=O)CN(CC1CC1)C(=O)NC(C)(C)C. The van der Waals surface area contributed by atoms with Crippen molar-refractivity contribution >= 4 is 23.3 Å². The van der Waals surface area contributed by atoms with E-state index in [1.54, 1.807) is 16.2 Å². The number of benzene rings is 1. The van der Waals surface area contributed by atoms with Gasteiger partial charge in [-0.05, 0) is 81.5 Å². The zero-order chi connectivity index (χ0) is 23.6. The maximum absolute atomic E-state index is 13.6. The van der Waals surface area contributed by atoms with Gasteiger partial charge in [0.25, 0.3) is 0 Å². The number of para-hydroxylation sites is 1. The second-order valence-corrected chi connectivity index (χ2v) is 11.2. The molecule has 178 valence electrons. The van der Waals surface area contributed by atoms with Gasteiger partial charge in [0.05, 0.1) is 6.04 Å². The average molecular weight is 470 g/mol. The minimum absolute atomic E-state index is 0.0186. The summed E-state index contributed by atoms with van der Waals surface area (Å²) < 4.78 is 6.19. The predicted octanol–water partition coefficient (Wildman–Crippen LogP) is 4.78. The molecule has 0 spiro atoms. The van der Waals surface area contributed by atoms with Crippen LogP contribution in [0.3, 0.4) is 0 Å². The Morgan fingerprint density at radius 3 is 2.67 bits per heavy atom. The zero-order valence-electron chi connectivity index (χ0n) is 20.1. The van der Waals surface area contributed by atoms with Gasteiger partial charge in [-0.15, -0.1) is 11.3 Å². The maximum Gasteiger partial charge on any atom is 0.318 e. The average Bonchev–Trinajstić information content (AvgIpc) is 3.43. The molecule has 1 aromatic carbocycles. The van der Waals surface area contributed by atoms with E-state index in [-0.39, 0.29) is 30.1 Å². The number of carbonyl (C=O) groups is 2. The van der Waals surface area contributed by atoms with E-state index in [4.69, 9.17) is 4.74 Å². The number of amides is 3. The topological polar surface area (TPSA) is 61.9 Å². The van der Waals surface area contributed by atoms with Crippen LogP contribution in [0.25, 0.3) is 0 Å². The second kappa shape index (κ2) is 9.75. The molecule has 33 heavy (non-hydrogen) atoms. The third kappa shape index (κ3) is 6.08. The Labute approximate surface area is 200 Å². The Morgan fingerprint density at radius 1 is 1.21 bits per heavy atom. The molecule has 1 N–H and O–H groups in total. The first kappa shape index (κ1) is 23.6. The predicted molar refractivity (Wildman–Crippen MR) is 132 cm³/mol. The molecule has 1 aliphatic carbocycles. The monoisotopic (exact) mass is 469 g/mol. The fourth-order valence-electron chi connectivity index (χ4n) is 4.25. The van der Waals surface area contributed by atoms with E-state index in [0.29, 0.717) is 25.6 Å². The third-order valence-electron chi connectivity index (χ3n) is 6.18. The smallest absolute Gasteiger partial charge is 0.318 e. The Morgan fingerprint density at radius 2 is 1.97 bits per heavy atom. The van der Waals surface area contributed by atoms with Crippen LogP contribution in [0, 0.1) is 12.8 Å². The molecule has 2 heterocycles. The number of carbonyl (C=O) groups excluding carboxylic acids is 2. The summed E-state index contributed by atoms with van der Waals surface area (Å²) in [4.78, 5) is 31.4. The summed E-state index contributed by atoms with van der Waals surface area (Å²) in [5.41, 5.74) is 1.90. The molecule has 1 atom stereocenters. The molecule has 1 saturated carbocycles. The van der Waals surface area contributed by atoms with Crippen molar-refractivity contribution in [2.45, 2.75) is 58.5 Å². The highest BCUT2D eigenvalue weighted by molar-refractivity contribution is 7.10. The van der Waals surface area contributed by atoms with Gasteiger partial charge in [0.2, 0.25) is 5.91 Å². The Balaban J connectivity index is 1.50. The highest BCUT2D eigenvalue weighted by Gasteiger charge is 2.35. The fourth-order valence-corrected chi connectivity index (χ4v) is 5.18. The first-order valence-electron chi connectivity index (χ1n) is 11.8. The first-order chi connectivity index (χ1) is 15.7. The Kier molecular flexibility index (Phi) is 6.98. The van der Waals surface area contributed by atoms with Gasteiger partial charge < -0.3 is 19.9 Å². The quantitative estimate of drug-likeness (QED) is 0.635. The molecule has 4 rings (SSSR count). The maximum atomic E-state index is 13.6. The van der Waals surface area contributed by atoms with Crippen molar-refractivity contribution in [3.63, 3.8) is 0 Å². The van der Waals surface area contributed by atoms with E-state index in [1.807, 2.05) is 56.9 Å². The Hall–Kier alpha value is -2.54. The molecule has 7 heteroatoms. The number of thiophene rings is 1. The van der Waals surface area contributed by atoms with Gasteiger partial charge in [-0.25, -0.2) is 4.79 Å².